The Bertz CT molecular complexity index is 1370. The maximum atomic E-state index is 12.7. The van der Waals surface area contributed by atoms with E-state index in [-0.39, 0.29) is 19.0 Å². The zero-order valence-electron chi connectivity index (χ0n) is 24.4. The van der Waals surface area contributed by atoms with Gasteiger partial charge in [-0.05, 0) is 22.3 Å². The number of carbonyl (C=O) groups excluding carboxylic acids is 1. The van der Waals surface area contributed by atoms with Crippen LogP contribution in [0.2, 0.25) is 0 Å². The van der Waals surface area contributed by atoms with Crippen LogP contribution in [0.4, 0.5) is 0 Å². The van der Waals surface area contributed by atoms with Gasteiger partial charge in [-0.2, -0.15) is 5.06 Å². The zero-order chi connectivity index (χ0) is 29.9. The lowest BCUT2D eigenvalue weighted by Crippen LogP contribution is -2.43. The van der Waals surface area contributed by atoms with Gasteiger partial charge in [0.1, 0.15) is 12.2 Å². The second kappa shape index (κ2) is 15.6. The van der Waals surface area contributed by atoms with E-state index < -0.39 is 30.2 Å². The van der Waals surface area contributed by atoms with Gasteiger partial charge in [-0.1, -0.05) is 121 Å². The largest absolute Gasteiger partial charge is 0.469 e. The molecule has 7 nitrogen and oxygen atoms in total. The number of ether oxygens (including phenoxy) is 4. The van der Waals surface area contributed by atoms with Gasteiger partial charge in [0.25, 0.3) is 0 Å². The molecule has 0 amide bonds. The van der Waals surface area contributed by atoms with Gasteiger partial charge in [0.05, 0.1) is 52.0 Å². The van der Waals surface area contributed by atoms with Crippen LogP contribution in [0.25, 0.3) is 0 Å². The normalized spacial score (nSPS) is 21.0. The second-order valence-corrected chi connectivity index (χ2v) is 10.8. The van der Waals surface area contributed by atoms with Crippen molar-refractivity contribution in [3.8, 4) is 0 Å². The highest BCUT2D eigenvalue weighted by Crippen LogP contribution is 2.40. The summed E-state index contributed by atoms with van der Waals surface area (Å²) in [7, 11) is 1.38. The van der Waals surface area contributed by atoms with Crippen molar-refractivity contribution in [3.05, 3.63) is 144 Å². The van der Waals surface area contributed by atoms with E-state index in [0.717, 1.165) is 22.3 Å². The van der Waals surface area contributed by atoms with Gasteiger partial charge in [0.15, 0.2) is 0 Å². The molecule has 1 aliphatic rings. The highest BCUT2D eigenvalue weighted by Gasteiger charge is 2.54. The molecule has 7 heteroatoms. The fourth-order valence-corrected chi connectivity index (χ4v) is 5.72. The van der Waals surface area contributed by atoms with E-state index in [1.807, 2.05) is 121 Å². The second-order valence-electron chi connectivity index (χ2n) is 10.8. The molecule has 1 heterocycles. The minimum absolute atomic E-state index is 0.0659. The van der Waals surface area contributed by atoms with Crippen LogP contribution in [0, 0.1) is 0 Å². The minimum atomic E-state index is -0.615. The van der Waals surface area contributed by atoms with Crippen LogP contribution in [0.15, 0.2) is 121 Å². The molecule has 224 valence electrons. The summed E-state index contributed by atoms with van der Waals surface area (Å²) in [5.74, 6) is -0.795. The quantitative estimate of drug-likeness (QED) is 0.179. The zero-order valence-corrected chi connectivity index (χ0v) is 24.4. The third kappa shape index (κ3) is 8.16. The van der Waals surface area contributed by atoms with Crippen LogP contribution in [0.3, 0.4) is 0 Å². The first-order valence-electron chi connectivity index (χ1n) is 14.7. The molecule has 0 spiro atoms. The summed E-state index contributed by atoms with van der Waals surface area (Å²) in [6.45, 7) is 1.24. The predicted octanol–water partition coefficient (Wildman–Crippen LogP) is 6.16. The van der Waals surface area contributed by atoms with Gasteiger partial charge >= 0.3 is 5.97 Å². The first-order valence-corrected chi connectivity index (χ1v) is 14.7. The van der Waals surface area contributed by atoms with Crippen molar-refractivity contribution >= 4 is 5.97 Å². The SMILES string of the molecule is COC(=O)C[C@@H](c1ccccc1)[C@@H]1[C@@H](OCc2ccccc2)[C@H](OCc2ccccc2)[C@H](COCc2ccccc2)N1O. The Balaban J connectivity index is 1.48. The Morgan fingerprint density at radius 2 is 1.16 bits per heavy atom. The molecule has 0 bridgehead atoms. The lowest BCUT2D eigenvalue weighted by Gasteiger charge is -2.32. The summed E-state index contributed by atoms with van der Waals surface area (Å²) >= 11 is 0. The number of methoxy groups -OCH3 is 1. The average Bonchev–Trinajstić information content (AvgIpc) is 3.32. The van der Waals surface area contributed by atoms with Crippen LogP contribution in [-0.4, -0.2) is 54.2 Å². The first-order chi connectivity index (χ1) is 21.1. The Labute approximate surface area is 253 Å². The summed E-state index contributed by atoms with van der Waals surface area (Å²) in [4.78, 5) is 12.7. The van der Waals surface area contributed by atoms with Crippen molar-refractivity contribution in [3.63, 3.8) is 0 Å². The summed E-state index contributed by atoms with van der Waals surface area (Å²) in [6.07, 6.45) is -1.08. The number of nitrogens with zero attached hydrogens (tertiary/aromatic N) is 1. The van der Waals surface area contributed by atoms with Crippen LogP contribution in [-0.2, 0) is 43.6 Å². The average molecular weight is 582 g/mol. The lowest BCUT2D eigenvalue weighted by atomic mass is 9.85. The Hall–Kier alpha value is -3.85. The molecule has 0 saturated carbocycles. The van der Waals surface area contributed by atoms with Crippen LogP contribution < -0.4 is 0 Å². The summed E-state index contributed by atoms with van der Waals surface area (Å²) in [6, 6.07) is 38.3. The van der Waals surface area contributed by atoms with Gasteiger partial charge in [-0.25, -0.2) is 0 Å². The van der Waals surface area contributed by atoms with Gasteiger partial charge < -0.3 is 24.2 Å². The smallest absolute Gasteiger partial charge is 0.306 e. The van der Waals surface area contributed by atoms with E-state index in [0.29, 0.717) is 19.8 Å². The van der Waals surface area contributed by atoms with Gasteiger partial charge in [0.2, 0.25) is 0 Å². The number of carbonyl (C=O) groups is 1. The molecule has 5 rings (SSSR count). The molecule has 0 radical (unpaired) electrons. The van der Waals surface area contributed by atoms with E-state index in [1.165, 1.54) is 12.2 Å². The minimum Gasteiger partial charge on any atom is -0.469 e. The topological polar surface area (TPSA) is 77.5 Å². The molecule has 0 unspecified atom stereocenters. The summed E-state index contributed by atoms with van der Waals surface area (Å²) < 4.78 is 24.5. The van der Waals surface area contributed by atoms with E-state index in [9.17, 15) is 10.0 Å². The molecule has 1 N–H and O–H groups in total. The fourth-order valence-electron chi connectivity index (χ4n) is 5.72. The molecule has 5 atom stereocenters. The first kappa shape index (κ1) is 30.6. The molecular weight excluding hydrogens is 542 g/mol. The molecule has 43 heavy (non-hydrogen) atoms. The number of hydroxylamine groups is 2. The van der Waals surface area contributed by atoms with Crippen molar-refractivity contribution in [1.82, 2.24) is 5.06 Å². The molecule has 1 aliphatic heterocycles. The molecule has 4 aromatic carbocycles. The number of esters is 1. The number of hydrogen-bond donors (Lipinski definition) is 1. The molecule has 1 saturated heterocycles. The van der Waals surface area contributed by atoms with Crippen molar-refractivity contribution in [1.29, 1.82) is 0 Å². The van der Waals surface area contributed by atoms with E-state index >= 15 is 0 Å². The lowest BCUT2D eigenvalue weighted by molar-refractivity contribution is -0.172. The van der Waals surface area contributed by atoms with Crippen molar-refractivity contribution in [2.45, 2.75) is 56.5 Å². The number of benzene rings is 4. The summed E-state index contributed by atoms with van der Waals surface area (Å²) in [5, 5.41) is 13.2. The van der Waals surface area contributed by atoms with Crippen LogP contribution in [0.5, 0.6) is 0 Å². The molecule has 4 aromatic rings. The van der Waals surface area contributed by atoms with Crippen LogP contribution >= 0.6 is 0 Å². The van der Waals surface area contributed by atoms with E-state index in [4.69, 9.17) is 18.9 Å². The fraction of sp³-hybridized carbons (Fsp3) is 0.306. The van der Waals surface area contributed by atoms with E-state index in [2.05, 4.69) is 0 Å². The number of hydrogen-bond acceptors (Lipinski definition) is 7. The molecular formula is C36H39NO6. The van der Waals surface area contributed by atoms with Gasteiger partial charge in [-0.15, -0.1) is 0 Å². The Morgan fingerprint density at radius 3 is 1.67 bits per heavy atom. The molecule has 1 fully saturated rings. The van der Waals surface area contributed by atoms with Crippen molar-refractivity contribution < 1.29 is 28.9 Å². The standard InChI is InChI=1S/C36H39NO6/c1-40-33(38)22-31(30-20-12-5-13-21-30)34-36(43-25-29-18-10-4-11-19-29)35(42-24-28-16-8-3-9-17-28)32(37(34)39)26-41-23-27-14-6-2-7-15-27/h2-21,31-32,34-36,39H,22-26H2,1H3/t31-,32-,34+,35+,36+/m0/s1. The molecule has 0 aliphatic carbocycles. The predicted molar refractivity (Wildman–Crippen MR) is 163 cm³/mol. The number of rotatable bonds is 14. The highest BCUT2D eigenvalue weighted by atomic mass is 16.6. The monoisotopic (exact) mass is 581 g/mol. The van der Waals surface area contributed by atoms with Crippen LogP contribution in [0.1, 0.15) is 34.6 Å². The maximum Gasteiger partial charge on any atom is 0.306 e. The maximum absolute atomic E-state index is 12.7. The highest BCUT2D eigenvalue weighted by molar-refractivity contribution is 5.70. The van der Waals surface area contributed by atoms with Gasteiger partial charge in [-0.3, -0.25) is 4.79 Å². The van der Waals surface area contributed by atoms with E-state index in [1.54, 1.807) is 0 Å². The van der Waals surface area contributed by atoms with Gasteiger partial charge in [0, 0.05) is 5.92 Å². The third-order valence-corrected chi connectivity index (χ3v) is 7.91. The summed E-state index contributed by atoms with van der Waals surface area (Å²) in [5.41, 5.74) is 3.95. The van der Waals surface area contributed by atoms with Crippen molar-refractivity contribution in [2.75, 3.05) is 13.7 Å². The third-order valence-electron chi connectivity index (χ3n) is 7.91. The Morgan fingerprint density at radius 1 is 0.698 bits per heavy atom. The van der Waals surface area contributed by atoms with Crippen molar-refractivity contribution in [2.24, 2.45) is 0 Å². The molecule has 0 aromatic heterocycles. The Kier molecular flexibility index (Phi) is 11.1.